The number of halogens is 2. The predicted octanol–water partition coefficient (Wildman–Crippen LogP) is 4.21. The second kappa shape index (κ2) is 7.07. The van der Waals surface area contributed by atoms with Gasteiger partial charge in [-0.05, 0) is 18.1 Å². The van der Waals surface area contributed by atoms with Gasteiger partial charge in [-0.15, -0.1) is 0 Å². The Morgan fingerprint density at radius 3 is 2.76 bits per heavy atom. The minimum atomic E-state index is -0.898. The summed E-state index contributed by atoms with van der Waals surface area (Å²) in [6.07, 6.45) is 5.02. The summed E-state index contributed by atoms with van der Waals surface area (Å²) >= 11 is 12.1. The van der Waals surface area contributed by atoms with Gasteiger partial charge >= 0.3 is 0 Å². The van der Waals surface area contributed by atoms with Crippen molar-refractivity contribution in [2.24, 2.45) is 5.92 Å². The fourth-order valence-electron chi connectivity index (χ4n) is 1.93. The zero-order valence-corrected chi connectivity index (χ0v) is 13.4. The van der Waals surface area contributed by atoms with Crippen molar-refractivity contribution < 1.29 is 5.11 Å². The third-order valence-corrected chi connectivity index (χ3v) is 3.88. The molecule has 0 bridgehead atoms. The number of nitrogens with zero attached hydrogens (tertiary/aromatic N) is 3. The van der Waals surface area contributed by atoms with E-state index in [1.165, 1.54) is 6.33 Å². The van der Waals surface area contributed by atoms with Crippen LogP contribution in [0.1, 0.15) is 31.9 Å². The number of hydrogen-bond donors (Lipinski definition) is 1. The Kier molecular flexibility index (Phi) is 5.39. The lowest BCUT2D eigenvalue weighted by atomic mass is 10.0. The molecule has 2 unspecified atom stereocenters. The summed E-state index contributed by atoms with van der Waals surface area (Å²) in [5.41, 5.74) is 1.22. The fraction of sp³-hybridized carbons (Fsp3) is 0.333. The molecule has 1 N–H and O–H groups in total. The van der Waals surface area contributed by atoms with E-state index < -0.39 is 6.10 Å². The first-order valence-corrected chi connectivity index (χ1v) is 7.48. The van der Waals surface area contributed by atoms with E-state index in [2.05, 4.69) is 23.9 Å². The van der Waals surface area contributed by atoms with Crippen LogP contribution in [0.5, 0.6) is 0 Å². The molecule has 2 rings (SSSR count). The van der Waals surface area contributed by atoms with Crippen LogP contribution in [0.3, 0.4) is 0 Å². The van der Waals surface area contributed by atoms with Crippen molar-refractivity contribution in [2.75, 3.05) is 0 Å². The summed E-state index contributed by atoms with van der Waals surface area (Å²) in [6.45, 7) is 4.16. The van der Waals surface area contributed by atoms with E-state index >= 15 is 0 Å². The SMILES string of the molecule is CCC(C)/C=C(/C(O)c1ccc(Cl)cc1Cl)n1cncn1. The maximum absolute atomic E-state index is 10.7. The third-order valence-electron chi connectivity index (χ3n) is 3.32. The Labute approximate surface area is 134 Å². The molecule has 1 aromatic carbocycles. The van der Waals surface area contributed by atoms with Crippen LogP contribution in [0, 0.1) is 5.92 Å². The van der Waals surface area contributed by atoms with Gasteiger partial charge in [-0.25, -0.2) is 9.67 Å². The largest absolute Gasteiger partial charge is 0.382 e. The quantitative estimate of drug-likeness (QED) is 0.896. The molecule has 0 amide bonds. The van der Waals surface area contributed by atoms with Crippen LogP contribution in [0.15, 0.2) is 36.9 Å². The van der Waals surface area contributed by atoms with Crippen molar-refractivity contribution in [3.63, 3.8) is 0 Å². The average Bonchev–Trinajstić information content (AvgIpc) is 2.97. The van der Waals surface area contributed by atoms with Gasteiger partial charge in [0, 0.05) is 15.6 Å². The molecule has 1 heterocycles. The summed E-state index contributed by atoms with van der Waals surface area (Å²) in [5, 5.41) is 15.7. The molecule has 0 aliphatic rings. The molecule has 21 heavy (non-hydrogen) atoms. The summed E-state index contributed by atoms with van der Waals surface area (Å²) in [4.78, 5) is 3.93. The Morgan fingerprint density at radius 2 is 2.19 bits per heavy atom. The Morgan fingerprint density at radius 1 is 1.43 bits per heavy atom. The summed E-state index contributed by atoms with van der Waals surface area (Å²) in [5.74, 6) is 0.296. The third kappa shape index (κ3) is 3.84. The number of aliphatic hydroxyl groups excluding tert-OH is 1. The van der Waals surface area contributed by atoms with E-state index in [0.717, 1.165) is 6.42 Å². The molecule has 0 spiro atoms. The standard InChI is InChI=1S/C15H17Cl2N3O/c1-3-10(2)6-14(20-9-18-8-19-20)15(21)12-5-4-11(16)7-13(12)17/h4-10,15,21H,3H2,1-2H3/b14-6-. The van der Waals surface area contributed by atoms with Gasteiger partial charge in [0.1, 0.15) is 18.8 Å². The van der Waals surface area contributed by atoms with Crippen molar-refractivity contribution in [3.05, 3.63) is 52.5 Å². The van der Waals surface area contributed by atoms with Gasteiger partial charge in [-0.2, -0.15) is 5.10 Å². The van der Waals surface area contributed by atoms with E-state index in [0.29, 0.717) is 27.2 Å². The average molecular weight is 326 g/mol. The van der Waals surface area contributed by atoms with Gasteiger partial charge in [0.05, 0.1) is 5.70 Å². The number of hydrogen-bond acceptors (Lipinski definition) is 3. The summed E-state index contributed by atoms with van der Waals surface area (Å²) < 4.78 is 1.56. The monoisotopic (exact) mass is 325 g/mol. The minimum Gasteiger partial charge on any atom is -0.382 e. The molecule has 0 saturated heterocycles. The van der Waals surface area contributed by atoms with E-state index in [-0.39, 0.29) is 0 Å². The fourth-order valence-corrected chi connectivity index (χ4v) is 2.44. The number of aliphatic hydroxyl groups is 1. The summed E-state index contributed by atoms with van der Waals surface area (Å²) in [7, 11) is 0. The van der Waals surface area contributed by atoms with Crippen molar-refractivity contribution in [1.82, 2.24) is 14.8 Å². The topological polar surface area (TPSA) is 50.9 Å². The van der Waals surface area contributed by atoms with Crippen molar-refractivity contribution in [3.8, 4) is 0 Å². The molecule has 0 aliphatic carbocycles. The number of rotatable bonds is 5. The molecule has 0 radical (unpaired) electrons. The lowest BCUT2D eigenvalue weighted by Gasteiger charge is -2.18. The van der Waals surface area contributed by atoms with E-state index in [4.69, 9.17) is 23.2 Å². The van der Waals surface area contributed by atoms with Gasteiger partial charge < -0.3 is 5.11 Å². The molecule has 4 nitrogen and oxygen atoms in total. The normalized spacial score (nSPS) is 15.0. The molecular weight excluding hydrogens is 309 g/mol. The van der Waals surface area contributed by atoms with E-state index in [1.54, 1.807) is 29.2 Å². The van der Waals surface area contributed by atoms with Gasteiger partial charge in [-0.3, -0.25) is 0 Å². The second-order valence-corrected chi connectivity index (χ2v) is 5.73. The highest BCUT2D eigenvalue weighted by molar-refractivity contribution is 6.35. The molecule has 0 saturated carbocycles. The van der Waals surface area contributed by atoms with Crippen LogP contribution in [0.25, 0.3) is 5.70 Å². The maximum Gasteiger partial charge on any atom is 0.138 e. The second-order valence-electron chi connectivity index (χ2n) is 4.89. The number of aromatic nitrogens is 3. The van der Waals surface area contributed by atoms with Crippen molar-refractivity contribution >= 4 is 28.9 Å². The first-order valence-electron chi connectivity index (χ1n) is 6.72. The van der Waals surface area contributed by atoms with Crippen molar-refractivity contribution in [1.29, 1.82) is 0 Å². The van der Waals surface area contributed by atoms with Crippen LogP contribution in [-0.4, -0.2) is 19.9 Å². The lowest BCUT2D eigenvalue weighted by molar-refractivity contribution is 0.229. The zero-order chi connectivity index (χ0) is 15.4. The van der Waals surface area contributed by atoms with Gasteiger partial charge in [0.2, 0.25) is 0 Å². The van der Waals surface area contributed by atoms with Gasteiger partial charge in [0.25, 0.3) is 0 Å². The van der Waals surface area contributed by atoms with Crippen LogP contribution in [-0.2, 0) is 0 Å². The molecule has 2 atom stereocenters. The predicted molar refractivity (Wildman–Crippen MR) is 85.2 cm³/mol. The Bertz CT molecular complexity index is 626. The van der Waals surface area contributed by atoms with Crippen LogP contribution in [0.2, 0.25) is 10.0 Å². The van der Waals surface area contributed by atoms with Gasteiger partial charge in [-0.1, -0.05) is 55.6 Å². The highest BCUT2D eigenvalue weighted by atomic mass is 35.5. The summed E-state index contributed by atoms with van der Waals surface area (Å²) in [6, 6.07) is 5.04. The lowest BCUT2D eigenvalue weighted by Crippen LogP contribution is -2.10. The molecule has 112 valence electrons. The Balaban J connectivity index is 2.43. The first-order chi connectivity index (χ1) is 10.0. The van der Waals surface area contributed by atoms with E-state index in [1.807, 2.05) is 6.08 Å². The van der Waals surface area contributed by atoms with Gasteiger partial charge in [0.15, 0.2) is 0 Å². The van der Waals surface area contributed by atoms with Crippen LogP contribution < -0.4 is 0 Å². The minimum absolute atomic E-state index is 0.296. The van der Waals surface area contributed by atoms with Crippen LogP contribution >= 0.6 is 23.2 Å². The molecule has 2 aromatic rings. The molecule has 6 heteroatoms. The molecule has 0 fully saturated rings. The highest BCUT2D eigenvalue weighted by Crippen LogP contribution is 2.32. The maximum atomic E-state index is 10.7. The molecule has 1 aromatic heterocycles. The number of benzene rings is 1. The van der Waals surface area contributed by atoms with Crippen molar-refractivity contribution in [2.45, 2.75) is 26.4 Å². The highest BCUT2D eigenvalue weighted by Gasteiger charge is 2.19. The van der Waals surface area contributed by atoms with Crippen LogP contribution in [0.4, 0.5) is 0 Å². The number of allylic oxidation sites excluding steroid dienone is 1. The van der Waals surface area contributed by atoms with E-state index in [9.17, 15) is 5.11 Å². The smallest absolute Gasteiger partial charge is 0.138 e. The first kappa shape index (κ1) is 16.0. The zero-order valence-electron chi connectivity index (χ0n) is 11.9. The Hall–Kier alpha value is -1.36. The molecular formula is C15H17Cl2N3O. The molecule has 0 aliphatic heterocycles.